The van der Waals surface area contributed by atoms with Crippen LogP contribution in [-0.2, 0) is 38.1 Å². The standard InChI is InChI=1S/C15H20N2O8S/c1-7(18)22-6-10-12(23-8(2)19)13(24-9(3)20)14(25-10)17-5-4-11(21)16-15(17)26/h10,12-14H,4-6H2,1-3H3,(H,16,21,26)/t10-,12-,13-,14-/m1/s1. The van der Waals surface area contributed by atoms with Crippen molar-refractivity contribution in [3.63, 3.8) is 0 Å². The number of esters is 3. The highest BCUT2D eigenvalue weighted by atomic mass is 32.1. The van der Waals surface area contributed by atoms with Gasteiger partial charge in [-0.05, 0) is 12.2 Å². The number of rotatable bonds is 5. The van der Waals surface area contributed by atoms with Crippen molar-refractivity contribution < 1.29 is 38.1 Å². The van der Waals surface area contributed by atoms with Gasteiger partial charge in [0.25, 0.3) is 0 Å². The van der Waals surface area contributed by atoms with Gasteiger partial charge in [-0.2, -0.15) is 0 Å². The van der Waals surface area contributed by atoms with Crippen LogP contribution >= 0.6 is 12.2 Å². The summed E-state index contributed by atoms with van der Waals surface area (Å²) >= 11 is 5.16. The molecular formula is C15H20N2O8S. The lowest BCUT2D eigenvalue weighted by Gasteiger charge is -2.36. The SMILES string of the molecule is CC(=O)OC[C@H]1O[C@@H](N2CCC(=O)NC2=S)[C@H](OC(C)=O)[C@@H]1OC(C)=O. The van der Waals surface area contributed by atoms with Crippen LogP contribution in [0.3, 0.4) is 0 Å². The van der Waals surface area contributed by atoms with E-state index in [4.69, 9.17) is 31.2 Å². The van der Waals surface area contributed by atoms with Gasteiger partial charge in [-0.25, -0.2) is 0 Å². The molecule has 2 fully saturated rings. The van der Waals surface area contributed by atoms with E-state index in [1.807, 2.05) is 0 Å². The van der Waals surface area contributed by atoms with E-state index in [9.17, 15) is 19.2 Å². The first kappa shape index (κ1) is 20.0. The maximum atomic E-state index is 11.5. The number of ether oxygens (including phenoxy) is 4. The molecule has 0 aromatic rings. The maximum absolute atomic E-state index is 11.5. The first-order valence-corrected chi connectivity index (χ1v) is 8.33. The number of nitrogens with zero attached hydrogens (tertiary/aromatic N) is 1. The summed E-state index contributed by atoms with van der Waals surface area (Å²) in [5, 5.41) is 2.61. The van der Waals surface area contributed by atoms with Crippen LogP contribution in [0.25, 0.3) is 0 Å². The van der Waals surface area contributed by atoms with E-state index < -0.39 is 42.4 Å². The van der Waals surface area contributed by atoms with Gasteiger partial charge in [-0.1, -0.05) is 0 Å². The summed E-state index contributed by atoms with van der Waals surface area (Å²) in [5.41, 5.74) is 0. The van der Waals surface area contributed by atoms with Crippen LogP contribution < -0.4 is 5.32 Å². The molecule has 0 bridgehead atoms. The molecular weight excluding hydrogens is 368 g/mol. The number of hydrogen-bond acceptors (Lipinski definition) is 9. The normalized spacial score (nSPS) is 28.3. The van der Waals surface area contributed by atoms with Gasteiger partial charge in [0.05, 0.1) is 0 Å². The average Bonchev–Trinajstić information content (AvgIpc) is 2.82. The Morgan fingerprint density at radius 2 is 1.77 bits per heavy atom. The third-order valence-electron chi connectivity index (χ3n) is 3.73. The summed E-state index contributed by atoms with van der Waals surface area (Å²) in [7, 11) is 0. The second-order valence-corrected chi connectivity index (χ2v) is 6.20. The van der Waals surface area contributed by atoms with Crippen molar-refractivity contribution in [2.75, 3.05) is 13.2 Å². The number of carbonyl (C=O) groups excluding carboxylic acids is 4. The monoisotopic (exact) mass is 388 g/mol. The molecule has 0 spiro atoms. The van der Waals surface area contributed by atoms with Crippen LogP contribution in [0.1, 0.15) is 27.2 Å². The molecule has 0 aliphatic carbocycles. The van der Waals surface area contributed by atoms with Gasteiger partial charge in [0.2, 0.25) is 5.91 Å². The van der Waals surface area contributed by atoms with Crippen LogP contribution in [0.2, 0.25) is 0 Å². The van der Waals surface area contributed by atoms with Crippen molar-refractivity contribution in [1.82, 2.24) is 10.2 Å². The Morgan fingerprint density at radius 1 is 1.15 bits per heavy atom. The van der Waals surface area contributed by atoms with Crippen LogP contribution in [-0.4, -0.2) is 71.5 Å². The average molecular weight is 388 g/mol. The fraction of sp³-hybridized carbons (Fsp3) is 0.667. The topological polar surface area (TPSA) is 120 Å². The Balaban J connectivity index is 2.27. The number of carbonyl (C=O) groups is 4. The van der Waals surface area contributed by atoms with Crippen molar-refractivity contribution in [3.8, 4) is 0 Å². The van der Waals surface area contributed by atoms with Crippen LogP contribution in [0.4, 0.5) is 0 Å². The van der Waals surface area contributed by atoms with Crippen molar-refractivity contribution in [1.29, 1.82) is 0 Å². The molecule has 1 N–H and O–H groups in total. The highest BCUT2D eigenvalue weighted by molar-refractivity contribution is 7.80. The van der Waals surface area contributed by atoms with Crippen molar-refractivity contribution in [2.45, 2.75) is 51.7 Å². The van der Waals surface area contributed by atoms with E-state index in [2.05, 4.69) is 5.32 Å². The molecule has 0 radical (unpaired) electrons. The summed E-state index contributed by atoms with van der Waals surface area (Å²) in [6.45, 7) is 3.67. The van der Waals surface area contributed by atoms with E-state index in [0.29, 0.717) is 0 Å². The molecule has 1 amide bonds. The molecule has 144 valence electrons. The van der Waals surface area contributed by atoms with E-state index in [1.54, 1.807) is 0 Å². The lowest BCUT2D eigenvalue weighted by molar-refractivity contribution is -0.167. The minimum absolute atomic E-state index is 0.109. The summed E-state index contributed by atoms with van der Waals surface area (Å²) in [6.07, 6.45) is -3.61. The molecule has 11 heteroatoms. The Labute approximate surface area is 155 Å². The third-order valence-corrected chi connectivity index (χ3v) is 4.07. The minimum atomic E-state index is -1.01. The van der Waals surface area contributed by atoms with Gasteiger partial charge in [0.15, 0.2) is 23.5 Å². The second-order valence-electron chi connectivity index (χ2n) is 5.81. The zero-order chi connectivity index (χ0) is 19.4. The Morgan fingerprint density at radius 3 is 2.31 bits per heavy atom. The Hall–Kier alpha value is -2.27. The maximum Gasteiger partial charge on any atom is 0.303 e. The number of thiocarbonyl (C=S) groups is 1. The van der Waals surface area contributed by atoms with Gasteiger partial charge < -0.3 is 29.2 Å². The van der Waals surface area contributed by atoms with Crippen molar-refractivity contribution in [2.24, 2.45) is 0 Å². The molecule has 0 saturated carbocycles. The molecule has 2 saturated heterocycles. The fourth-order valence-corrected chi connectivity index (χ4v) is 3.07. The predicted octanol–water partition coefficient (Wildman–Crippen LogP) is -0.755. The lowest BCUT2D eigenvalue weighted by atomic mass is 10.1. The van der Waals surface area contributed by atoms with E-state index >= 15 is 0 Å². The quantitative estimate of drug-likeness (QED) is 0.366. The van der Waals surface area contributed by atoms with Crippen LogP contribution in [0.5, 0.6) is 0 Å². The molecule has 2 aliphatic rings. The summed E-state index contributed by atoms with van der Waals surface area (Å²) < 4.78 is 21.4. The zero-order valence-electron chi connectivity index (χ0n) is 14.6. The minimum Gasteiger partial charge on any atom is -0.463 e. The highest BCUT2D eigenvalue weighted by Gasteiger charge is 2.52. The first-order valence-electron chi connectivity index (χ1n) is 7.92. The molecule has 10 nitrogen and oxygen atoms in total. The lowest BCUT2D eigenvalue weighted by Crippen LogP contribution is -2.57. The zero-order valence-corrected chi connectivity index (χ0v) is 15.4. The van der Waals surface area contributed by atoms with Crippen LogP contribution in [0.15, 0.2) is 0 Å². The predicted molar refractivity (Wildman–Crippen MR) is 88.5 cm³/mol. The summed E-state index contributed by atoms with van der Waals surface area (Å²) in [5.74, 6) is -2.00. The van der Waals surface area contributed by atoms with Gasteiger partial charge in [-0.15, -0.1) is 0 Å². The molecule has 26 heavy (non-hydrogen) atoms. The summed E-state index contributed by atoms with van der Waals surface area (Å²) in [4.78, 5) is 47.1. The molecule has 0 aromatic heterocycles. The molecule has 2 aliphatic heterocycles. The van der Waals surface area contributed by atoms with Crippen molar-refractivity contribution in [3.05, 3.63) is 0 Å². The Kier molecular flexibility index (Phi) is 6.48. The van der Waals surface area contributed by atoms with Gasteiger partial charge in [-0.3, -0.25) is 19.2 Å². The van der Waals surface area contributed by atoms with E-state index in [-0.39, 0.29) is 30.6 Å². The van der Waals surface area contributed by atoms with Crippen LogP contribution in [0, 0.1) is 0 Å². The van der Waals surface area contributed by atoms with E-state index in [1.165, 1.54) is 25.7 Å². The van der Waals surface area contributed by atoms with Gasteiger partial charge in [0, 0.05) is 33.7 Å². The van der Waals surface area contributed by atoms with Crippen molar-refractivity contribution >= 4 is 41.1 Å². The Bertz CT molecular complexity index is 625. The molecule has 0 aromatic carbocycles. The molecule has 4 atom stereocenters. The fourth-order valence-electron chi connectivity index (χ4n) is 2.76. The second kappa shape index (κ2) is 8.41. The van der Waals surface area contributed by atoms with Gasteiger partial charge >= 0.3 is 17.9 Å². The molecule has 0 unspecified atom stereocenters. The smallest absolute Gasteiger partial charge is 0.303 e. The number of amides is 1. The number of hydrogen-bond donors (Lipinski definition) is 1. The highest BCUT2D eigenvalue weighted by Crippen LogP contribution is 2.30. The molecule has 2 rings (SSSR count). The molecule has 2 heterocycles. The summed E-state index contributed by atoms with van der Waals surface area (Å²) in [6, 6.07) is 0. The van der Waals surface area contributed by atoms with E-state index in [0.717, 1.165) is 0 Å². The largest absolute Gasteiger partial charge is 0.463 e. The third kappa shape index (κ3) is 4.88. The van der Waals surface area contributed by atoms with Gasteiger partial charge in [0.1, 0.15) is 12.7 Å². The number of nitrogens with one attached hydrogen (secondary N) is 1. The first-order chi connectivity index (χ1) is 12.2.